The molecule has 0 saturated carbocycles. The van der Waals surface area contributed by atoms with Gasteiger partial charge in [0, 0.05) is 50.0 Å². The fourth-order valence-electron chi connectivity index (χ4n) is 5.39. The third kappa shape index (κ3) is 5.13. The predicted molar refractivity (Wildman–Crippen MR) is 137 cm³/mol. The number of benzene rings is 2. The van der Waals surface area contributed by atoms with Crippen LogP contribution in [0.1, 0.15) is 48.9 Å². The number of anilines is 1. The first-order valence-corrected chi connectivity index (χ1v) is 12.6. The average Bonchev–Trinajstić information content (AvgIpc) is 2.85. The van der Waals surface area contributed by atoms with Gasteiger partial charge in [-0.1, -0.05) is 17.7 Å². The summed E-state index contributed by atoms with van der Waals surface area (Å²) in [6.45, 7) is 9.86. The van der Waals surface area contributed by atoms with E-state index in [1.807, 2.05) is 25.1 Å². The molecule has 0 radical (unpaired) electrons. The number of nitrogens with zero attached hydrogens (tertiary/aromatic N) is 2. The smallest absolute Gasteiger partial charge is 0.257 e. The largest absolute Gasteiger partial charge is 0.495 e. The highest BCUT2D eigenvalue weighted by molar-refractivity contribution is 6.32. The number of halogens is 1. The maximum absolute atomic E-state index is 11.8. The summed E-state index contributed by atoms with van der Waals surface area (Å²) in [5.74, 6) is 1.43. The summed E-state index contributed by atoms with van der Waals surface area (Å²) >= 11 is 6.24. The van der Waals surface area contributed by atoms with Crippen LogP contribution in [0.4, 0.5) is 5.69 Å². The van der Waals surface area contributed by atoms with Gasteiger partial charge in [0.25, 0.3) is 5.91 Å². The van der Waals surface area contributed by atoms with Gasteiger partial charge in [-0.15, -0.1) is 0 Å². The normalized spacial score (nSPS) is 20.6. The number of methoxy groups -OCH3 is 1. The summed E-state index contributed by atoms with van der Waals surface area (Å²) in [7, 11) is 1.66. The molecule has 2 heterocycles. The van der Waals surface area contributed by atoms with Gasteiger partial charge in [-0.2, -0.15) is 0 Å². The molecule has 2 aliphatic heterocycles. The van der Waals surface area contributed by atoms with Crippen LogP contribution < -0.4 is 19.7 Å². The molecule has 2 aliphatic rings. The molecule has 1 N–H and O–H groups in total. The SMILES string of the molecule is CCNC(=O)COc1ccc([C@H]2CCCC3CN(c4ccc(Cl)c(OC)c4)CCN32)c(C)c1C. The minimum absolute atomic E-state index is 0.0520. The van der Waals surface area contributed by atoms with Crippen molar-refractivity contribution in [3.05, 3.63) is 52.0 Å². The number of carbonyl (C=O) groups is 1. The molecular formula is C27H36ClN3O3. The molecule has 34 heavy (non-hydrogen) atoms. The Labute approximate surface area is 208 Å². The summed E-state index contributed by atoms with van der Waals surface area (Å²) in [4.78, 5) is 17.0. The van der Waals surface area contributed by atoms with Crippen LogP contribution in [0, 0.1) is 13.8 Å². The van der Waals surface area contributed by atoms with Crippen LogP contribution in [0.2, 0.25) is 5.02 Å². The van der Waals surface area contributed by atoms with Crippen molar-refractivity contribution in [1.29, 1.82) is 0 Å². The number of ether oxygens (including phenoxy) is 2. The monoisotopic (exact) mass is 485 g/mol. The molecule has 4 rings (SSSR count). The predicted octanol–water partition coefficient (Wildman–Crippen LogP) is 4.90. The van der Waals surface area contributed by atoms with Crippen molar-refractivity contribution in [1.82, 2.24) is 10.2 Å². The van der Waals surface area contributed by atoms with Crippen molar-refractivity contribution in [3.63, 3.8) is 0 Å². The number of carbonyl (C=O) groups excluding carboxylic acids is 1. The van der Waals surface area contributed by atoms with Crippen molar-refractivity contribution < 1.29 is 14.3 Å². The molecule has 2 atom stereocenters. The molecule has 1 amide bonds. The third-order valence-corrected chi connectivity index (χ3v) is 7.63. The van der Waals surface area contributed by atoms with Crippen LogP contribution >= 0.6 is 11.6 Å². The van der Waals surface area contributed by atoms with Crippen LogP contribution in [0.25, 0.3) is 0 Å². The standard InChI is InChI=1S/C27H36ClN3O3/c1-5-29-27(32)17-34-25-12-10-22(18(2)19(25)3)24-8-6-7-21-16-30(13-14-31(21)24)20-9-11-23(28)26(15-20)33-4/h9-12,15,21,24H,5-8,13-14,16-17H2,1-4H3,(H,29,32)/t21?,24-/m1/s1. The minimum atomic E-state index is -0.0880. The van der Waals surface area contributed by atoms with Crippen molar-refractivity contribution >= 4 is 23.2 Å². The summed E-state index contributed by atoms with van der Waals surface area (Å²) < 4.78 is 11.3. The molecule has 0 aromatic heterocycles. The molecule has 0 bridgehead atoms. The van der Waals surface area contributed by atoms with Crippen molar-refractivity contribution in [3.8, 4) is 11.5 Å². The van der Waals surface area contributed by atoms with Gasteiger partial charge >= 0.3 is 0 Å². The summed E-state index contributed by atoms with van der Waals surface area (Å²) in [5, 5.41) is 3.43. The number of nitrogens with one attached hydrogen (secondary N) is 1. The maximum atomic E-state index is 11.8. The molecule has 184 valence electrons. The number of fused-ring (bicyclic) bond motifs is 1. The zero-order valence-corrected chi connectivity index (χ0v) is 21.5. The Morgan fingerprint density at radius 3 is 2.71 bits per heavy atom. The fourth-order valence-corrected chi connectivity index (χ4v) is 5.58. The first kappa shape index (κ1) is 24.7. The second-order valence-corrected chi connectivity index (χ2v) is 9.66. The lowest BCUT2D eigenvalue weighted by Gasteiger charge is -2.49. The summed E-state index contributed by atoms with van der Waals surface area (Å²) in [6.07, 6.45) is 3.60. The van der Waals surface area contributed by atoms with E-state index in [2.05, 4.69) is 41.1 Å². The van der Waals surface area contributed by atoms with E-state index in [4.69, 9.17) is 21.1 Å². The van der Waals surface area contributed by atoms with Crippen molar-refractivity contribution in [2.75, 3.05) is 44.8 Å². The van der Waals surface area contributed by atoms with Gasteiger partial charge in [-0.05, 0) is 74.9 Å². The zero-order valence-electron chi connectivity index (χ0n) is 20.7. The lowest BCUT2D eigenvalue weighted by Crippen LogP contribution is -2.56. The Hall–Kier alpha value is -2.44. The molecule has 2 aromatic rings. The van der Waals surface area contributed by atoms with E-state index >= 15 is 0 Å². The van der Waals surface area contributed by atoms with E-state index in [1.54, 1.807) is 7.11 Å². The topological polar surface area (TPSA) is 54.0 Å². The lowest BCUT2D eigenvalue weighted by atomic mass is 9.86. The molecule has 2 aromatic carbocycles. The van der Waals surface area contributed by atoms with Crippen LogP contribution in [-0.4, -0.2) is 56.7 Å². The van der Waals surface area contributed by atoms with Crippen LogP contribution in [0.3, 0.4) is 0 Å². The second-order valence-electron chi connectivity index (χ2n) is 9.25. The maximum Gasteiger partial charge on any atom is 0.257 e. The summed E-state index contributed by atoms with van der Waals surface area (Å²) in [6, 6.07) is 11.2. The highest BCUT2D eigenvalue weighted by atomic mass is 35.5. The molecule has 2 saturated heterocycles. The highest BCUT2D eigenvalue weighted by Gasteiger charge is 2.36. The number of piperidine rings is 1. The van der Waals surface area contributed by atoms with Crippen LogP contribution in [-0.2, 0) is 4.79 Å². The number of hydrogen-bond donors (Lipinski definition) is 1. The first-order valence-electron chi connectivity index (χ1n) is 12.3. The van der Waals surface area contributed by atoms with E-state index < -0.39 is 0 Å². The van der Waals surface area contributed by atoms with E-state index in [1.165, 1.54) is 36.1 Å². The molecular weight excluding hydrogens is 450 g/mol. The number of amides is 1. The van der Waals surface area contributed by atoms with E-state index in [9.17, 15) is 4.79 Å². The molecule has 7 heteroatoms. The van der Waals surface area contributed by atoms with Gasteiger partial charge in [0.05, 0.1) is 12.1 Å². The number of piperazine rings is 1. The van der Waals surface area contributed by atoms with Crippen LogP contribution in [0.15, 0.2) is 30.3 Å². The van der Waals surface area contributed by atoms with E-state index in [0.717, 1.165) is 36.7 Å². The van der Waals surface area contributed by atoms with Gasteiger partial charge < -0.3 is 19.7 Å². The number of rotatable bonds is 7. The van der Waals surface area contributed by atoms with Gasteiger partial charge in [0.1, 0.15) is 11.5 Å². The summed E-state index contributed by atoms with van der Waals surface area (Å²) in [5.41, 5.74) is 4.94. The van der Waals surface area contributed by atoms with Gasteiger partial charge in [-0.25, -0.2) is 0 Å². The molecule has 1 unspecified atom stereocenters. The Bertz CT molecular complexity index is 1030. The third-order valence-electron chi connectivity index (χ3n) is 7.31. The molecule has 2 fully saturated rings. The quantitative estimate of drug-likeness (QED) is 0.604. The average molecular weight is 486 g/mol. The highest BCUT2D eigenvalue weighted by Crippen LogP contribution is 2.40. The van der Waals surface area contributed by atoms with Gasteiger partial charge in [-0.3, -0.25) is 9.69 Å². The Kier molecular flexibility index (Phi) is 7.89. The molecule has 0 aliphatic carbocycles. The zero-order chi connectivity index (χ0) is 24.2. The fraction of sp³-hybridized carbons (Fsp3) is 0.519. The number of likely N-dealkylation sites (N-methyl/N-ethyl adjacent to an activating group) is 1. The van der Waals surface area contributed by atoms with Crippen molar-refractivity contribution in [2.45, 2.75) is 52.1 Å². The Balaban J connectivity index is 1.48. The second kappa shape index (κ2) is 10.9. The van der Waals surface area contributed by atoms with E-state index in [0.29, 0.717) is 23.7 Å². The first-order chi connectivity index (χ1) is 16.4. The Morgan fingerprint density at radius 1 is 1.12 bits per heavy atom. The molecule has 0 spiro atoms. The lowest BCUT2D eigenvalue weighted by molar-refractivity contribution is -0.122. The van der Waals surface area contributed by atoms with Gasteiger partial charge in [0.15, 0.2) is 6.61 Å². The Morgan fingerprint density at radius 2 is 1.94 bits per heavy atom. The number of hydrogen-bond acceptors (Lipinski definition) is 5. The van der Waals surface area contributed by atoms with E-state index in [-0.39, 0.29) is 12.5 Å². The molecule has 6 nitrogen and oxygen atoms in total. The van der Waals surface area contributed by atoms with Crippen molar-refractivity contribution in [2.24, 2.45) is 0 Å². The van der Waals surface area contributed by atoms with Gasteiger partial charge in [0.2, 0.25) is 0 Å². The minimum Gasteiger partial charge on any atom is -0.495 e. The van der Waals surface area contributed by atoms with Crippen LogP contribution in [0.5, 0.6) is 11.5 Å².